The molecule has 4 rings (SSSR count). The lowest BCUT2D eigenvalue weighted by atomic mass is 9.95. The highest BCUT2D eigenvalue weighted by molar-refractivity contribution is 7.98. The normalized spacial score (nSPS) is 11.7. The van der Waals surface area contributed by atoms with Crippen molar-refractivity contribution in [3.05, 3.63) is 35.0 Å². The third kappa shape index (κ3) is 2.60. The molecule has 0 spiro atoms. The Labute approximate surface area is 162 Å². The molecular weight excluding hydrogens is 358 g/mol. The Balaban J connectivity index is 2.13. The van der Waals surface area contributed by atoms with Crippen LogP contribution in [0.15, 0.2) is 21.8 Å². The Kier molecular flexibility index (Phi) is 4.14. The Morgan fingerprint density at radius 3 is 2.30 bits per heavy atom. The van der Waals surface area contributed by atoms with Crippen LogP contribution in [0, 0.1) is 27.7 Å². The summed E-state index contributed by atoms with van der Waals surface area (Å²) < 4.78 is 9.50. The van der Waals surface area contributed by atoms with Crippen LogP contribution in [-0.4, -0.2) is 30.7 Å². The molecule has 0 aliphatic carbocycles. The molecule has 4 aromatic rings. The minimum absolute atomic E-state index is 0.824. The summed E-state index contributed by atoms with van der Waals surface area (Å²) in [5, 5.41) is 9.74. The van der Waals surface area contributed by atoms with Gasteiger partial charge in [-0.3, -0.25) is 4.68 Å². The summed E-state index contributed by atoms with van der Waals surface area (Å²) in [4.78, 5) is 4.92. The van der Waals surface area contributed by atoms with Gasteiger partial charge in [-0.1, -0.05) is 16.9 Å². The molecule has 0 radical (unpaired) electrons. The lowest BCUT2D eigenvalue weighted by molar-refractivity contribution is 0.393. The maximum absolute atomic E-state index is 5.42. The van der Waals surface area contributed by atoms with Gasteiger partial charge in [0.25, 0.3) is 0 Å². The van der Waals surface area contributed by atoms with Gasteiger partial charge >= 0.3 is 0 Å². The van der Waals surface area contributed by atoms with Crippen molar-refractivity contribution >= 4 is 22.8 Å². The van der Waals surface area contributed by atoms with Crippen molar-refractivity contribution in [1.82, 2.24) is 24.5 Å². The number of aryl methyl sites for hydroxylation is 5. The second-order valence-corrected chi connectivity index (χ2v) is 7.69. The molecule has 3 heterocycles. The van der Waals surface area contributed by atoms with Crippen LogP contribution in [0.25, 0.3) is 33.3 Å². The van der Waals surface area contributed by atoms with Gasteiger partial charge in [-0.05, 0) is 51.6 Å². The van der Waals surface area contributed by atoms with E-state index in [0.717, 1.165) is 61.3 Å². The number of benzene rings is 1. The van der Waals surface area contributed by atoms with Gasteiger partial charge in [0.1, 0.15) is 5.76 Å². The Hall–Kier alpha value is -2.54. The molecule has 0 saturated heterocycles. The quantitative estimate of drug-likeness (QED) is 0.486. The van der Waals surface area contributed by atoms with E-state index in [2.05, 4.69) is 54.1 Å². The van der Waals surface area contributed by atoms with Crippen molar-refractivity contribution < 1.29 is 4.52 Å². The van der Waals surface area contributed by atoms with Gasteiger partial charge in [0.05, 0.1) is 22.4 Å². The summed E-state index contributed by atoms with van der Waals surface area (Å²) in [6, 6.07) is 4.38. The molecule has 3 aromatic heterocycles. The molecule has 140 valence electrons. The molecule has 0 unspecified atom stereocenters. The van der Waals surface area contributed by atoms with Crippen LogP contribution in [0.2, 0.25) is 0 Å². The summed E-state index contributed by atoms with van der Waals surface area (Å²) >= 11 is 1.65. The zero-order valence-corrected chi connectivity index (χ0v) is 17.5. The number of fused-ring (bicyclic) bond motifs is 1. The maximum Gasteiger partial charge on any atom is 0.168 e. The first-order chi connectivity index (χ1) is 12.8. The first-order valence-corrected chi connectivity index (χ1v) is 10.0. The number of rotatable bonds is 3. The van der Waals surface area contributed by atoms with Crippen LogP contribution in [0.5, 0.6) is 0 Å². The van der Waals surface area contributed by atoms with E-state index in [1.54, 1.807) is 11.8 Å². The third-order valence-electron chi connectivity index (χ3n) is 5.23. The second-order valence-electron chi connectivity index (χ2n) is 6.92. The maximum atomic E-state index is 5.42. The molecule has 0 amide bonds. The zero-order chi connectivity index (χ0) is 19.5. The van der Waals surface area contributed by atoms with Crippen LogP contribution >= 0.6 is 11.8 Å². The molecule has 6 nitrogen and oxygen atoms in total. The fraction of sp³-hybridized carbons (Fsp3) is 0.350. The largest absolute Gasteiger partial charge is 0.361 e. The molecular formula is C20H23N5OS. The summed E-state index contributed by atoms with van der Waals surface area (Å²) in [5.74, 6) is 0.824. The van der Waals surface area contributed by atoms with Crippen LogP contribution in [0.3, 0.4) is 0 Å². The molecule has 0 fully saturated rings. The smallest absolute Gasteiger partial charge is 0.168 e. The Morgan fingerprint density at radius 2 is 1.74 bits per heavy atom. The van der Waals surface area contributed by atoms with E-state index in [1.165, 1.54) is 0 Å². The predicted octanol–water partition coefficient (Wildman–Crippen LogP) is 4.58. The average Bonchev–Trinajstić information content (AvgIpc) is 3.22. The SMILES string of the molecule is CSc1nc2c(-c3c(C)nn(C)c3C)cc(-c3c(C)noc3C)cc2n1C. The van der Waals surface area contributed by atoms with Crippen molar-refractivity contribution in [2.75, 3.05) is 6.26 Å². The van der Waals surface area contributed by atoms with Crippen molar-refractivity contribution in [2.24, 2.45) is 14.1 Å². The number of nitrogens with zero attached hydrogens (tertiary/aromatic N) is 5. The lowest BCUT2D eigenvalue weighted by Gasteiger charge is -2.09. The van der Waals surface area contributed by atoms with E-state index in [9.17, 15) is 0 Å². The number of hydrogen-bond acceptors (Lipinski definition) is 5. The van der Waals surface area contributed by atoms with Crippen LogP contribution in [-0.2, 0) is 14.1 Å². The van der Waals surface area contributed by atoms with Crippen molar-refractivity contribution in [3.8, 4) is 22.3 Å². The minimum Gasteiger partial charge on any atom is -0.361 e. The van der Waals surface area contributed by atoms with Gasteiger partial charge in [-0.25, -0.2) is 4.98 Å². The van der Waals surface area contributed by atoms with E-state index in [-0.39, 0.29) is 0 Å². The number of imidazole rings is 1. The van der Waals surface area contributed by atoms with Crippen molar-refractivity contribution in [3.63, 3.8) is 0 Å². The summed E-state index contributed by atoms with van der Waals surface area (Å²) in [6.07, 6.45) is 2.05. The molecule has 0 saturated carbocycles. The van der Waals surface area contributed by atoms with E-state index in [1.807, 2.05) is 25.6 Å². The molecule has 27 heavy (non-hydrogen) atoms. The fourth-order valence-corrected chi connectivity index (χ4v) is 4.40. The molecule has 0 aliphatic heterocycles. The number of hydrogen-bond donors (Lipinski definition) is 0. The van der Waals surface area contributed by atoms with E-state index >= 15 is 0 Å². The Bertz CT molecular complexity index is 1160. The lowest BCUT2D eigenvalue weighted by Crippen LogP contribution is -1.94. The monoisotopic (exact) mass is 381 g/mol. The summed E-state index contributed by atoms with van der Waals surface area (Å²) in [7, 11) is 4.04. The highest BCUT2D eigenvalue weighted by Gasteiger charge is 2.21. The van der Waals surface area contributed by atoms with Crippen LogP contribution in [0.4, 0.5) is 0 Å². The van der Waals surface area contributed by atoms with E-state index < -0.39 is 0 Å². The van der Waals surface area contributed by atoms with Gasteiger partial charge in [-0.15, -0.1) is 0 Å². The Morgan fingerprint density at radius 1 is 1.00 bits per heavy atom. The number of thioether (sulfide) groups is 1. The first-order valence-electron chi connectivity index (χ1n) is 8.81. The molecule has 0 bridgehead atoms. The zero-order valence-electron chi connectivity index (χ0n) is 16.7. The fourth-order valence-electron chi connectivity index (χ4n) is 3.84. The second kappa shape index (κ2) is 6.27. The summed E-state index contributed by atoms with van der Waals surface area (Å²) in [6.45, 7) is 8.08. The first kappa shape index (κ1) is 17.9. The van der Waals surface area contributed by atoms with Crippen molar-refractivity contribution in [2.45, 2.75) is 32.9 Å². The predicted molar refractivity (Wildman–Crippen MR) is 109 cm³/mol. The van der Waals surface area contributed by atoms with Crippen molar-refractivity contribution in [1.29, 1.82) is 0 Å². The molecule has 0 aliphatic rings. The van der Waals surface area contributed by atoms with E-state index in [0.29, 0.717) is 0 Å². The van der Waals surface area contributed by atoms with Gasteiger partial charge in [0.15, 0.2) is 5.16 Å². The van der Waals surface area contributed by atoms with Gasteiger partial charge in [0.2, 0.25) is 0 Å². The average molecular weight is 382 g/mol. The third-order valence-corrected chi connectivity index (χ3v) is 5.96. The topological polar surface area (TPSA) is 61.7 Å². The molecule has 1 aromatic carbocycles. The molecule has 0 N–H and O–H groups in total. The summed E-state index contributed by atoms with van der Waals surface area (Å²) in [5.41, 5.74) is 9.49. The standard InChI is InChI=1S/C20H23N5OS/c1-10-17(12(3)25(6)22-10)15-8-14(18-11(2)23-26-13(18)4)9-16-19(15)21-20(27-7)24(16)5/h8-9H,1-7H3. The number of aromatic nitrogens is 5. The van der Waals surface area contributed by atoms with Gasteiger partial charge in [0, 0.05) is 36.5 Å². The van der Waals surface area contributed by atoms with Gasteiger partial charge in [-0.2, -0.15) is 5.10 Å². The van der Waals surface area contributed by atoms with E-state index in [4.69, 9.17) is 9.51 Å². The molecule has 7 heteroatoms. The van der Waals surface area contributed by atoms with Crippen LogP contribution < -0.4 is 0 Å². The van der Waals surface area contributed by atoms with Gasteiger partial charge < -0.3 is 9.09 Å². The molecule has 0 atom stereocenters. The van der Waals surface area contributed by atoms with Crippen LogP contribution in [0.1, 0.15) is 22.8 Å². The highest BCUT2D eigenvalue weighted by Crippen LogP contribution is 2.39. The minimum atomic E-state index is 0.824. The highest BCUT2D eigenvalue weighted by atomic mass is 32.2.